The highest BCUT2D eigenvalue weighted by atomic mass is 32.2. The summed E-state index contributed by atoms with van der Waals surface area (Å²) in [5.74, 6) is 0.411. The first kappa shape index (κ1) is 17.5. The summed E-state index contributed by atoms with van der Waals surface area (Å²) >= 11 is 1.18. The van der Waals surface area contributed by atoms with Gasteiger partial charge in [-0.1, -0.05) is 11.2 Å². The third-order valence-corrected chi connectivity index (χ3v) is 5.99. The lowest BCUT2D eigenvalue weighted by Crippen LogP contribution is -2.14. The Hall–Kier alpha value is -2.33. The van der Waals surface area contributed by atoms with Gasteiger partial charge in [-0.25, -0.2) is 8.42 Å². The fraction of sp³-hybridized carbons (Fsp3) is 0.133. The Morgan fingerprint density at radius 1 is 1.20 bits per heavy atom. The Morgan fingerprint density at radius 2 is 1.96 bits per heavy atom. The highest BCUT2D eigenvalue weighted by Gasteiger charge is 2.31. The number of nitrogens with zero attached hydrogens (tertiary/aromatic N) is 1. The Balaban J connectivity index is 1.93. The number of thiophene rings is 1. The molecule has 5 nitrogen and oxygen atoms in total. The summed E-state index contributed by atoms with van der Waals surface area (Å²) in [7, 11) is -4.05. The molecule has 1 N–H and O–H groups in total. The van der Waals surface area contributed by atoms with Gasteiger partial charge in [-0.3, -0.25) is 4.72 Å². The van der Waals surface area contributed by atoms with Crippen molar-refractivity contribution >= 4 is 27.0 Å². The number of benzene rings is 1. The molecule has 3 aromatic rings. The minimum atomic E-state index is -4.56. The first-order valence-corrected chi connectivity index (χ1v) is 9.18. The third-order valence-electron chi connectivity index (χ3n) is 3.28. The number of halogens is 3. The van der Waals surface area contributed by atoms with Crippen LogP contribution in [0.3, 0.4) is 0 Å². The maximum Gasteiger partial charge on any atom is 0.416 e. The van der Waals surface area contributed by atoms with Crippen LogP contribution in [0.25, 0.3) is 10.6 Å². The van der Waals surface area contributed by atoms with Crippen molar-refractivity contribution in [3.63, 3.8) is 0 Å². The Kier molecular flexibility index (Phi) is 4.33. The van der Waals surface area contributed by atoms with Gasteiger partial charge in [0.1, 0.15) is 4.90 Å². The van der Waals surface area contributed by atoms with Crippen molar-refractivity contribution in [2.24, 2.45) is 0 Å². The largest absolute Gasteiger partial charge is 0.416 e. The molecule has 0 aliphatic heterocycles. The van der Waals surface area contributed by atoms with Gasteiger partial charge in [0.25, 0.3) is 10.0 Å². The molecule has 0 bridgehead atoms. The second-order valence-corrected chi connectivity index (χ2v) is 8.00. The molecule has 25 heavy (non-hydrogen) atoms. The van der Waals surface area contributed by atoms with Crippen LogP contribution in [0.1, 0.15) is 10.4 Å². The molecule has 2 heterocycles. The third kappa shape index (κ3) is 3.69. The van der Waals surface area contributed by atoms with Crippen LogP contribution in [0.15, 0.2) is 52.0 Å². The van der Waals surface area contributed by atoms with Crippen LogP contribution >= 0.6 is 11.3 Å². The minimum Gasteiger partial charge on any atom is -0.355 e. The number of aromatic nitrogens is 1. The maximum atomic E-state index is 12.8. The van der Waals surface area contributed by atoms with Crippen LogP contribution in [0, 0.1) is 6.92 Å². The normalized spacial score (nSPS) is 12.3. The Morgan fingerprint density at radius 3 is 2.60 bits per heavy atom. The van der Waals surface area contributed by atoms with E-state index in [2.05, 4.69) is 9.88 Å². The molecule has 1 aromatic carbocycles. The lowest BCUT2D eigenvalue weighted by atomic mass is 10.2. The zero-order valence-corrected chi connectivity index (χ0v) is 14.3. The molecule has 0 atom stereocenters. The molecule has 0 radical (unpaired) electrons. The van der Waals surface area contributed by atoms with E-state index in [4.69, 9.17) is 4.52 Å². The van der Waals surface area contributed by atoms with Crippen LogP contribution in [0.2, 0.25) is 0 Å². The first-order chi connectivity index (χ1) is 11.7. The second-order valence-electron chi connectivity index (χ2n) is 5.09. The summed E-state index contributed by atoms with van der Waals surface area (Å²) < 4.78 is 70.5. The number of anilines is 1. The monoisotopic (exact) mass is 388 g/mol. The molecule has 132 valence electrons. The predicted molar refractivity (Wildman–Crippen MR) is 86.8 cm³/mol. The second kappa shape index (κ2) is 6.19. The van der Waals surface area contributed by atoms with Gasteiger partial charge in [0, 0.05) is 16.6 Å². The number of nitrogens with one attached hydrogen (secondary N) is 1. The Bertz CT molecular complexity index is 993. The van der Waals surface area contributed by atoms with E-state index in [-0.39, 0.29) is 10.6 Å². The molecular weight excluding hydrogens is 377 g/mol. The summed E-state index contributed by atoms with van der Waals surface area (Å²) in [6.45, 7) is 1.60. The number of alkyl halides is 3. The van der Waals surface area contributed by atoms with Gasteiger partial charge in [-0.05, 0) is 31.2 Å². The number of aryl methyl sites for hydroxylation is 1. The lowest BCUT2D eigenvalue weighted by Gasteiger charge is -2.11. The standard InChI is InChI=1S/C15H11F3N2O3S2/c1-9-14(8-13(24-9)12-5-6-19-23-12)25(21,22)20-11-4-2-3-10(7-11)15(16,17)18/h2-8,20H,1H3. The first-order valence-electron chi connectivity index (χ1n) is 6.88. The SMILES string of the molecule is Cc1sc(-c2ccno2)cc1S(=O)(=O)Nc1cccc(C(F)(F)F)c1. The average Bonchev–Trinajstić information content (AvgIpc) is 3.15. The zero-order valence-electron chi connectivity index (χ0n) is 12.7. The van der Waals surface area contributed by atoms with E-state index in [1.165, 1.54) is 29.7 Å². The van der Waals surface area contributed by atoms with E-state index in [9.17, 15) is 21.6 Å². The topological polar surface area (TPSA) is 72.2 Å². The molecule has 0 spiro atoms. The van der Waals surface area contributed by atoms with Gasteiger partial charge in [0.2, 0.25) is 0 Å². The number of hydrogen-bond acceptors (Lipinski definition) is 5. The number of hydrogen-bond donors (Lipinski definition) is 1. The van der Waals surface area contributed by atoms with Crippen molar-refractivity contribution in [1.29, 1.82) is 0 Å². The molecule has 0 aliphatic carbocycles. The Labute approximate surface area is 145 Å². The molecule has 0 saturated heterocycles. The van der Waals surface area contributed by atoms with Crippen LogP contribution in [0.5, 0.6) is 0 Å². The van der Waals surface area contributed by atoms with Gasteiger partial charge in [-0.15, -0.1) is 11.3 Å². The molecule has 0 aliphatic rings. The van der Waals surface area contributed by atoms with Crippen molar-refractivity contribution in [3.05, 3.63) is 53.0 Å². The number of sulfonamides is 1. The molecule has 3 rings (SSSR count). The smallest absolute Gasteiger partial charge is 0.355 e. The van der Waals surface area contributed by atoms with Crippen molar-refractivity contribution < 1.29 is 26.1 Å². The van der Waals surface area contributed by atoms with Gasteiger partial charge < -0.3 is 4.52 Å². The summed E-state index contributed by atoms with van der Waals surface area (Å²) in [6.07, 6.45) is -3.13. The van der Waals surface area contributed by atoms with Crippen LogP contribution in [-0.4, -0.2) is 13.6 Å². The van der Waals surface area contributed by atoms with E-state index >= 15 is 0 Å². The fourth-order valence-electron chi connectivity index (χ4n) is 2.17. The van der Waals surface area contributed by atoms with Gasteiger partial charge in [0.05, 0.1) is 16.6 Å². The highest BCUT2D eigenvalue weighted by molar-refractivity contribution is 7.93. The molecule has 0 fully saturated rings. The van der Waals surface area contributed by atoms with Crippen LogP contribution in [0.4, 0.5) is 18.9 Å². The summed E-state index contributed by atoms with van der Waals surface area (Å²) in [6, 6.07) is 7.00. The lowest BCUT2D eigenvalue weighted by molar-refractivity contribution is -0.137. The predicted octanol–water partition coefficient (Wildman–Crippen LogP) is 4.53. The van der Waals surface area contributed by atoms with E-state index in [0.717, 1.165) is 18.2 Å². The van der Waals surface area contributed by atoms with E-state index in [1.54, 1.807) is 13.0 Å². The molecule has 0 unspecified atom stereocenters. The number of rotatable bonds is 4. The van der Waals surface area contributed by atoms with Crippen molar-refractivity contribution in [1.82, 2.24) is 5.16 Å². The van der Waals surface area contributed by atoms with E-state index < -0.39 is 21.8 Å². The summed E-state index contributed by atoms with van der Waals surface area (Å²) in [4.78, 5) is 1.01. The molecule has 0 amide bonds. The van der Waals surface area contributed by atoms with Crippen molar-refractivity contribution in [3.8, 4) is 10.6 Å². The minimum absolute atomic E-state index is 0.0266. The summed E-state index contributed by atoms with van der Waals surface area (Å²) in [5.41, 5.74) is -1.10. The fourth-order valence-corrected chi connectivity index (χ4v) is 4.77. The maximum absolute atomic E-state index is 12.8. The average molecular weight is 388 g/mol. The summed E-state index contributed by atoms with van der Waals surface area (Å²) in [5, 5.41) is 3.56. The van der Waals surface area contributed by atoms with E-state index in [1.807, 2.05) is 0 Å². The highest BCUT2D eigenvalue weighted by Crippen LogP contribution is 2.35. The van der Waals surface area contributed by atoms with Crippen LogP contribution < -0.4 is 4.72 Å². The van der Waals surface area contributed by atoms with Crippen LogP contribution in [-0.2, 0) is 16.2 Å². The van der Waals surface area contributed by atoms with Crippen molar-refractivity contribution in [2.45, 2.75) is 18.0 Å². The van der Waals surface area contributed by atoms with Crippen molar-refractivity contribution in [2.75, 3.05) is 4.72 Å². The van der Waals surface area contributed by atoms with Gasteiger partial charge >= 0.3 is 6.18 Å². The van der Waals surface area contributed by atoms with Gasteiger partial charge in [0.15, 0.2) is 5.76 Å². The molecule has 0 saturated carbocycles. The molecule has 2 aromatic heterocycles. The van der Waals surface area contributed by atoms with Gasteiger partial charge in [-0.2, -0.15) is 13.2 Å². The quantitative estimate of drug-likeness (QED) is 0.713. The van der Waals surface area contributed by atoms with E-state index in [0.29, 0.717) is 15.5 Å². The molecular formula is C15H11F3N2O3S2. The zero-order chi connectivity index (χ0) is 18.2. The molecule has 10 heteroatoms.